The smallest absolute Gasteiger partial charge is 0.256 e. The summed E-state index contributed by atoms with van der Waals surface area (Å²) in [6.07, 6.45) is 3.63. The van der Waals surface area contributed by atoms with Crippen LogP contribution in [0.15, 0.2) is 48.7 Å². The minimum atomic E-state index is -1.38. The fourth-order valence-corrected chi connectivity index (χ4v) is 13.0. The van der Waals surface area contributed by atoms with E-state index in [1.54, 1.807) is 13.3 Å². The van der Waals surface area contributed by atoms with Gasteiger partial charge in [-0.25, -0.2) is 0 Å². The molecule has 0 aliphatic rings. The van der Waals surface area contributed by atoms with Crippen LogP contribution < -0.4 is 10.1 Å². The van der Waals surface area contributed by atoms with Crippen molar-refractivity contribution in [3.05, 3.63) is 65.4 Å². The molecule has 0 unspecified atom stereocenters. The number of pyridine rings is 1. The first-order chi connectivity index (χ1) is 18.8. The second-order valence-corrected chi connectivity index (χ2v) is 22.5. The maximum absolute atomic E-state index is 14.3. The van der Waals surface area contributed by atoms with Gasteiger partial charge in [0.05, 0.1) is 34.5 Å². The van der Waals surface area contributed by atoms with Crippen molar-refractivity contribution in [2.45, 2.75) is 103 Å². The molecule has 6 heteroatoms. The predicted octanol–water partition coefficient (Wildman–Crippen LogP) is 9.60. The molecule has 0 radical (unpaired) electrons. The van der Waals surface area contributed by atoms with Gasteiger partial charge in [0.1, 0.15) is 5.75 Å². The van der Waals surface area contributed by atoms with E-state index in [4.69, 9.17) is 4.74 Å². The summed E-state index contributed by atoms with van der Waals surface area (Å²) in [5.41, 5.74) is 4.67. The minimum Gasteiger partial charge on any atom is -0.496 e. The molecule has 4 nitrogen and oxygen atoms in total. The van der Waals surface area contributed by atoms with Gasteiger partial charge in [-0.05, 0) is 36.6 Å². The zero-order valence-corrected chi connectivity index (χ0v) is 27.5. The molecule has 0 saturated carbocycles. The monoisotopic (exact) mass is 562 g/mol. The number of aromatic nitrogens is 1. The van der Waals surface area contributed by atoms with Crippen LogP contribution in [0, 0.1) is 0 Å². The fraction of sp³-hybridized carbons (Fsp3) is 0.515. The molecule has 1 heterocycles. The Balaban J connectivity index is 2.10. The zero-order chi connectivity index (χ0) is 28.5. The van der Waals surface area contributed by atoms with Crippen molar-refractivity contribution in [3.8, 4) is 5.75 Å². The Morgan fingerprint density at radius 3 is 1.97 bits per heavy atom. The van der Waals surface area contributed by atoms with E-state index >= 15 is 0 Å². The average Bonchev–Trinajstić information content (AvgIpc) is 2.99. The lowest BCUT2D eigenvalue weighted by atomic mass is 9.95. The number of anilines is 1. The SMILES string of the molecule is CC[Si](CC)(CC)CCc1ccc(OC)c(CC[Si](CC)(CC)CC)c1C(=O)Nc1cccc2cccnc12. The third-order valence-corrected chi connectivity index (χ3v) is 21.6. The standard InChI is InChI=1S/C33H50N2O2Si2/c1-8-38(9-2,10-3)24-21-26-19-20-30(37-7)28(22-25-39(11-4,12-5)13-6)31(26)33(36)35-29-18-14-16-27-17-15-23-34-32(27)29/h14-20,23H,8-13,21-22,24-25H2,1-7H3,(H,35,36). The number of nitrogens with zero attached hydrogens (tertiary/aromatic N) is 1. The molecular formula is C33H50N2O2Si2. The molecular weight excluding hydrogens is 513 g/mol. The normalized spacial score (nSPS) is 12.1. The molecule has 0 fully saturated rings. The van der Waals surface area contributed by atoms with Crippen LogP contribution in [0.4, 0.5) is 5.69 Å². The molecule has 0 spiro atoms. The highest BCUT2D eigenvalue weighted by Gasteiger charge is 2.30. The molecule has 0 aliphatic heterocycles. The number of hydrogen-bond acceptors (Lipinski definition) is 3. The van der Waals surface area contributed by atoms with Crippen molar-refractivity contribution < 1.29 is 9.53 Å². The highest BCUT2D eigenvalue weighted by atomic mass is 28.3. The number of aryl methyl sites for hydroxylation is 1. The summed E-state index contributed by atoms with van der Waals surface area (Å²) in [5.74, 6) is 0.807. The first-order valence-corrected chi connectivity index (χ1v) is 20.8. The van der Waals surface area contributed by atoms with Crippen molar-refractivity contribution in [3.63, 3.8) is 0 Å². The van der Waals surface area contributed by atoms with E-state index in [0.29, 0.717) is 0 Å². The highest BCUT2D eigenvalue weighted by Crippen LogP contribution is 2.35. The van der Waals surface area contributed by atoms with Crippen LogP contribution in [0.5, 0.6) is 5.75 Å². The van der Waals surface area contributed by atoms with Crippen LogP contribution >= 0.6 is 0 Å². The van der Waals surface area contributed by atoms with Crippen LogP contribution in [0.3, 0.4) is 0 Å². The van der Waals surface area contributed by atoms with Gasteiger partial charge in [0, 0.05) is 22.7 Å². The molecule has 1 amide bonds. The van der Waals surface area contributed by atoms with Crippen LogP contribution in [0.2, 0.25) is 48.4 Å². The molecule has 1 N–H and O–H groups in total. The second kappa shape index (κ2) is 14.3. The van der Waals surface area contributed by atoms with Crippen LogP contribution in [0.25, 0.3) is 10.9 Å². The van der Waals surface area contributed by atoms with E-state index in [1.807, 2.05) is 30.3 Å². The molecule has 39 heavy (non-hydrogen) atoms. The van der Waals surface area contributed by atoms with E-state index in [2.05, 4.69) is 64.0 Å². The number of benzene rings is 2. The summed E-state index contributed by atoms with van der Waals surface area (Å²) >= 11 is 0. The molecule has 2 aromatic carbocycles. The Morgan fingerprint density at radius 2 is 1.38 bits per heavy atom. The van der Waals surface area contributed by atoms with Gasteiger partial charge in [0.2, 0.25) is 0 Å². The maximum atomic E-state index is 14.3. The van der Waals surface area contributed by atoms with Gasteiger partial charge < -0.3 is 10.1 Å². The number of carbonyl (C=O) groups excluding carboxylic acids is 1. The Labute approximate surface area is 239 Å². The number of hydrogen-bond donors (Lipinski definition) is 1. The predicted molar refractivity (Wildman–Crippen MR) is 174 cm³/mol. The number of ether oxygens (including phenoxy) is 1. The molecule has 0 aliphatic carbocycles. The van der Waals surface area contributed by atoms with Crippen molar-refractivity contribution in [1.29, 1.82) is 0 Å². The number of para-hydroxylation sites is 1. The van der Waals surface area contributed by atoms with E-state index in [9.17, 15) is 4.79 Å². The maximum Gasteiger partial charge on any atom is 0.256 e. The van der Waals surface area contributed by atoms with Gasteiger partial charge in [-0.1, -0.05) is 114 Å². The summed E-state index contributed by atoms with van der Waals surface area (Å²) in [5, 5.41) is 4.30. The summed E-state index contributed by atoms with van der Waals surface area (Å²) in [6, 6.07) is 24.4. The zero-order valence-electron chi connectivity index (χ0n) is 25.5. The lowest BCUT2D eigenvalue weighted by molar-refractivity contribution is 0.102. The molecule has 0 bridgehead atoms. The van der Waals surface area contributed by atoms with E-state index in [1.165, 1.54) is 53.9 Å². The number of rotatable bonds is 15. The summed E-state index contributed by atoms with van der Waals surface area (Å²) in [4.78, 5) is 18.8. The molecule has 0 saturated heterocycles. The number of carbonyl (C=O) groups is 1. The van der Waals surface area contributed by atoms with Gasteiger partial charge >= 0.3 is 0 Å². The third-order valence-electron chi connectivity index (χ3n) is 10.0. The van der Waals surface area contributed by atoms with E-state index in [-0.39, 0.29) is 5.91 Å². The molecule has 212 valence electrons. The van der Waals surface area contributed by atoms with Crippen LogP contribution in [-0.4, -0.2) is 34.1 Å². The quantitative estimate of drug-likeness (QED) is 0.188. The largest absolute Gasteiger partial charge is 0.496 e. The first-order valence-electron chi connectivity index (χ1n) is 15.2. The highest BCUT2D eigenvalue weighted by molar-refractivity contribution is 6.80. The Hall–Kier alpha value is -2.45. The summed E-state index contributed by atoms with van der Waals surface area (Å²) in [6.45, 7) is 14.2. The number of nitrogens with one attached hydrogen (secondary N) is 1. The lowest BCUT2D eigenvalue weighted by Gasteiger charge is -2.30. The van der Waals surface area contributed by atoms with Crippen LogP contribution in [0.1, 0.15) is 63.0 Å². The third kappa shape index (κ3) is 7.01. The Bertz CT molecular complexity index is 1210. The Morgan fingerprint density at radius 1 is 0.795 bits per heavy atom. The average molecular weight is 563 g/mol. The van der Waals surface area contributed by atoms with Crippen molar-refractivity contribution in [2.24, 2.45) is 0 Å². The van der Waals surface area contributed by atoms with Crippen molar-refractivity contribution in [2.75, 3.05) is 12.4 Å². The van der Waals surface area contributed by atoms with Gasteiger partial charge in [0.15, 0.2) is 0 Å². The molecule has 3 rings (SSSR count). The molecule has 3 aromatic rings. The number of fused-ring (bicyclic) bond motifs is 1. The van der Waals surface area contributed by atoms with Crippen molar-refractivity contribution in [1.82, 2.24) is 4.98 Å². The number of amides is 1. The Kier molecular flexibility index (Phi) is 11.4. The van der Waals surface area contributed by atoms with E-state index < -0.39 is 16.1 Å². The molecule has 0 atom stereocenters. The minimum absolute atomic E-state index is 0.0365. The van der Waals surface area contributed by atoms with Crippen molar-refractivity contribution >= 4 is 38.6 Å². The summed E-state index contributed by atoms with van der Waals surface area (Å²) in [7, 11) is -0.979. The topological polar surface area (TPSA) is 51.2 Å². The van der Waals surface area contributed by atoms with Gasteiger partial charge in [-0.2, -0.15) is 0 Å². The first kappa shape index (κ1) is 31.1. The second-order valence-electron chi connectivity index (χ2n) is 11.2. The lowest BCUT2D eigenvalue weighted by Crippen LogP contribution is -2.32. The van der Waals surface area contributed by atoms with E-state index in [0.717, 1.165) is 46.3 Å². The number of methoxy groups -OCH3 is 1. The summed E-state index contributed by atoms with van der Waals surface area (Å²) < 4.78 is 5.92. The van der Waals surface area contributed by atoms with Gasteiger partial charge in [-0.3, -0.25) is 9.78 Å². The van der Waals surface area contributed by atoms with Gasteiger partial charge in [-0.15, -0.1) is 0 Å². The van der Waals surface area contributed by atoms with Gasteiger partial charge in [0.25, 0.3) is 5.91 Å². The van der Waals surface area contributed by atoms with Crippen LogP contribution in [-0.2, 0) is 12.8 Å². The molecule has 1 aromatic heterocycles. The fourth-order valence-electron chi connectivity index (χ4n) is 6.35.